The molecule has 0 aliphatic heterocycles. The van der Waals surface area contributed by atoms with Crippen molar-refractivity contribution in [2.24, 2.45) is 5.73 Å². The fourth-order valence-corrected chi connectivity index (χ4v) is 1.80. The molecule has 1 rings (SSSR count). The van der Waals surface area contributed by atoms with Crippen LogP contribution in [0.15, 0.2) is 18.2 Å². The van der Waals surface area contributed by atoms with Gasteiger partial charge in [0.25, 0.3) is 0 Å². The zero-order valence-corrected chi connectivity index (χ0v) is 13.5. The molecule has 0 aliphatic carbocycles. The van der Waals surface area contributed by atoms with E-state index in [1.54, 1.807) is 7.11 Å². The lowest BCUT2D eigenvalue weighted by Crippen LogP contribution is -2.27. The van der Waals surface area contributed by atoms with Crippen LogP contribution in [0.4, 0.5) is 10.5 Å². The number of ether oxygens (including phenoxy) is 2. The summed E-state index contributed by atoms with van der Waals surface area (Å²) < 4.78 is 10.6. The highest BCUT2D eigenvalue weighted by molar-refractivity contribution is 5.87. The van der Waals surface area contributed by atoms with Crippen molar-refractivity contribution in [3.8, 4) is 5.75 Å². The SMILES string of the molecule is COc1cc(CC[C@H](C)N)ccc1NC(=O)OC(C)(C)C. The number of hydrogen-bond donors (Lipinski definition) is 2. The van der Waals surface area contributed by atoms with E-state index >= 15 is 0 Å². The third kappa shape index (κ3) is 6.49. The molecule has 0 heterocycles. The summed E-state index contributed by atoms with van der Waals surface area (Å²) in [6, 6.07) is 5.85. The van der Waals surface area contributed by atoms with Crippen molar-refractivity contribution in [1.29, 1.82) is 0 Å². The van der Waals surface area contributed by atoms with Gasteiger partial charge < -0.3 is 15.2 Å². The second-order valence-electron chi connectivity index (χ2n) is 6.18. The van der Waals surface area contributed by atoms with Crippen LogP contribution in [0, 0.1) is 0 Å². The molecule has 1 aromatic rings. The van der Waals surface area contributed by atoms with Gasteiger partial charge in [-0.2, -0.15) is 0 Å². The Morgan fingerprint density at radius 3 is 2.57 bits per heavy atom. The van der Waals surface area contributed by atoms with Gasteiger partial charge >= 0.3 is 6.09 Å². The number of carbonyl (C=O) groups is 1. The van der Waals surface area contributed by atoms with E-state index < -0.39 is 11.7 Å². The number of nitrogens with two attached hydrogens (primary N) is 1. The molecular weight excluding hydrogens is 268 g/mol. The van der Waals surface area contributed by atoms with Crippen molar-refractivity contribution in [1.82, 2.24) is 0 Å². The quantitative estimate of drug-likeness (QED) is 0.873. The van der Waals surface area contributed by atoms with E-state index in [-0.39, 0.29) is 6.04 Å². The van der Waals surface area contributed by atoms with E-state index in [9.17, 15) is 4.79 Å². The molecule has 0 radical (unpaired) electrons. The molecule has 5 heteroatoms. The first-order chi connectivity index (χ1) is 9.71. The lowest BCUT2D eigenvalue weighted by atomic mass is 10.1. The highest BCUT2D eigenvalue weighted by Gasteiger charge is 2.17. The van der Waals surface area contributed by atoms with Crippen LogP contribution in [0.1, 0.15) is 39.7 Å². The molecule has 0 aliphatic rings. The van der Waals surface area contributed by atoms with Crippen LogP contribution in [0.25, 0.3) is 0 Å². The average Bonchev–Trinajstić information content (AvgIpc) is 2.35. The Kier molecular flexibility index (Phi) is 6.03. The van der Waals surface area contributed by atoms with Gasteiger partial charge in [0, 0.05) is 6.04 Å². The fourth-order valence-electron chi connectivity index (χ4n) is 1.80. The van der Waals surface area contributed by atoms with Crippen LogP contribution in [-0.2, 0) is 11.2 Å². The summed E-state index contributed by atoms with van der Waals surface area (Å²) in [5.74, 6) is 0.614. The number of hydrogen-bond acceptors (Lipinski definition) is 4. The van der Waals surface area contributed by atoms with Crippen LogP contribution in [-0.4, -0.2) is 24.8 Å². The average molecular weight is 294 g/mol. The number of amides is 1. The first-order valence-electron chi connectivity index (χ1n) is 7.14. The number of aryl methyl sites for hydroxylation is 1. The summed E-state index contributed by atoms with van der Waals surface area (Å²) in [5, 5.41) is 2.70. The van der Waals surface area contributed by atoms with E-state index in [4.69, 9.17) is 15.2 Å². The topological polar surface area (TPSA) is 73.6 Å². The van der Waals surface area contributed by atoms with Gasteiger partial charge in [0.15, 0.2) is 0 Å². The predicted molar refractivity (Wildman–Crippen MR) is 84.8 cm³/mol. The zero-order valence-electron chi connectivity index (χ0n) is 13.5. The van der Waals surface area contributed by atoms with Gasteiger partial charge in [0.1, 0.15) is 11.4 Å². The van der Waals surface area contributed by atoms with E-state index in [1.807, 2.05) is 45.9 Å². The Hall–Kier alpha value is -1.75. The fraction of sp³-hybridized carbons (Fsp3) is 0.562. The van der Waals surface area contributed by atoms with Crippen LogP contribution >= 0.6 is 0 Å². The Balaban J connectivity index is 2.77. The molecule has 0 bridgehead atoms. The standard InChI is InChI=1S/C16H26N2O3/c1-11(17)6-7-12-8-9-13(14(10-12)20-5)18-15(19)21-16(2,3)4/h8-11H,6-7,17H2,1-5H3,(H,18,19)/t11-/m0/s1. The summed E-state index contributed by atoms with van der Waals surface area (Å²) in [7, 11) is 1.57. The van der Waals surface area contributed by atoms with Gasteiger partial charge in [0.05, 0.1) is 12.8 Å². The van der Waals surface area contributed by atoms with Gasteiger partial charge in [-0.25, -0.2) is 4.79 Å². The van der Waals surface area contributed by atoms with E-state index in [0.29, 0.717) is 11.4 Å². The Morgan fingerprint density at radius 1 is 1.38 bits per heavy atom. The summed E-state index contributed by atoms with van der Waals surface area (Å²) in [6.07, 6.45) is 1.28. The Labute approximate surface area is 126 Å². The van der Waals surface area contributed by atoms with Crippen LogP contribution < -0.4 is 15.8 Å². The van der Waals surface area contributed by atoms with Gasteiger partial charge in [-0.05, 0) is 58.2 Å². The molecule has 0 saturated heterocycles. The van der Waals surface area contributed by atoms with E-state index in [0.717, 1.165) is 18.4 Å². The molecule has 3 N–H and O–H groups in total. The summed E-state index contributed by atoms with van der Waals surface area (Å²) in [6.45, 7) is 7.44. The predicted octanol–water partition coefficient (Wildman–Crippen LogP) is 3.32. The monoisotopic (exact) mass is 294 g/mol. The molecule has 0 spiro atoms. The number of rotatable bonds is 5. The number of nitrogens with one attached hydrogen (secondary N) is 1. The second kappa shape index (κ2) is 7.31. The second-order valence-corrected chi connectivity index (χ2v) is 6.18. The largest absolute Gasteiger partial charge is 0.495 e. The van der Waals surface area contributed by atoms with E-state index in [2.05, 4.69) is 5.32 Å². The molecule has 5 nitrogen and oxygen atoms in total. The van der Waals surface area contributed by atoms with Gasteiger partial charge in [-0.1, -0.05) is 6.07 Å². The molecule has 0 saturated carbocycles. The maximum Gasteiger partial charge on any atom is 0.412 e. The number of methoxy groups -OCH3 is 1. The van der Waals surface area contributed by atoms with E-state index in [1.165, 1.54) is 0 Å². The van der Waals surface area contributed by atoms with Crippen molar-refractivity contribution in [3.05, 3.63) is 23.8 Å². The van der Waals surface area contributed by atoms with Crippen molar-refractivity contribution < 1.29 is 14.3 Å². The summed E-state index contributed by atoms with van der Waals surface area (Å²) in [5.41, 5.74) is 6.95. The highest BCUT2D eigenvalue weighted by Crippen LogP contribution is 2.26. The normalized spacial score (nSPS) is 12.7. The lowest BCUT2D eigenvalue weighted by molar-refractivity contribution is 0.0635. The highest BCUT2D eigenvalue weighted by atomic mass is 16.6. The first-order valence-corrected chi connectivity index (χ1v) is 7.14. The maximum atomic E-state index is 11.8. The summed E-state index contributed by atoms with van der Waals surface area (Å²) >= 11 is 0. The van der Waals surface area contributed by atoms with Gasteiger partial charge in [-0.3, -0.25) is 5.32 Å². The zero-order chi connectivity index (χ0) is 16.0. The van der Waals surface area contributed by atoms with Crippen LogP contribution in [0.5, 0.6) is 5.75 Å². The number of benzene rings is 1. The minimum absolute atomic E-state index is 0.163. The maximum absolute atomic E-state index is 11.8. The molecule has 0 fully saturated rings. The number of anilines is 1. The van der Waals surface area contributed by atoms with Crippen LogP contribution in [0.2, 0.25) is 0 Å². The third-order valence-corrected chi connectivity index (χ3v) is 2.79. The van der Waals surface area contributed by atoms with Crippen molar-refractivity contribution in [3.63, 3.8) is 0 Å². The van der Waals surface area contributed by atoms with Crippen LogP contribution in [0.3, 0.4) is 0 Å². The third-order valence-electron chi connectivity index (χ3n) is 2.79. The molecule has 0 aromatic heterocycles. The molecule has 0 unspecified atom stereocenters. The Bertz CT molecular complexity index is 479. The van der Waals surface area contributed by atoms with Gasteiger partial charge in [0.2, 0.25) is 0 Å². The lowest BCUT2D eigenvalue weighted by Gasteiger charge is -2.20. The minimum atomic E-state index is -0.533. The molecular formula is C16H26N2O3. The van der Waals surface area contributed by atoms with Crippen molar-refractivity contribution in [2.75, 3.05) is 12.4 Å². The molecule has 1 atom stereocenters. The number of carbonyl (C=O) groups excluding carboxylic acids is 1. The van der Waals surface area contributed by atoms with Gasteiger partial charge in [-0.15, -0.1) is 0 Å². The van der Waals surface area contributed by atoms with Crippen molar-refractivity contribution in [2.45, 2.75) is 52.2 Å². The smallest absolute Gasteiger partial charge is 0.412 e. The molecule has 1 amide bonds. The van der Waals surface area contributed by atoms with Crippen molar-refractivity contribution >= 4 is 11.8 Å². The Morgan fingerprint density at radius 2 is 2.05 bits per heavy atom. The minimum Gasteiger partial charge on any atom is -0.495 e. The molecule has 1 aromatic carbocycles. The molecule has 118 valence electrons. The first kappa shape index (κ1) is 17.3. The summed E-state index contributed by atoms with van der Waals surface area (Å²) in [4.78, 5) is 11.8. The molecule has 21 heavy (non-hydrogen) atoms.